The van der Waals surface area contributed by atoms with Gasteiger partial charge in [-0.3, -0.25) is 0 Å². The Morgan fingerprint density at radius 3 is 2.20 bits per heavy atom. The number of hydrogen-bond donors (Lipinski definition) is 1. The van der Waals surface area contributed by atoms with Gasteiger partial charge in [-0.25, -0.2) is 4.79 Å². The second-order valence-corrected chi connectivity index (χ2v) is 4.70. The van der Waals surface area contributed by atoms with Gasteiger partial charge in [0.25, 0.3) is 0 Å². The van der Waals surface area contributed by atoms with Crippen LogP contribution in [-0.4, -0.2) is 24.8 Å². The van der Waals surface area contributed by atoms with Crippen molar-refractivity contribution in [2.24, 2.45) is 0 Å². The quantitative estimate of drug-likeness (QED) is 0.781. The van der Waals surface area contributed by atoms with Crippen LogP contribution in [0.1, 0.15) is 31.9 Å². The summed E-state index contributed by atoms with van der Waals surface area (Å²) in [7, 11) is 0. The molecule has 0 saturated carbocycles. The predicted molar refractivity (Wildman–Crippen MR) is 80.6 cm³/mol. The minimum Gasteiger partial charge on any atom is -0.464 e. The van der Waals surface area contributed by atoms with Crippen molar-refractivity contribution in [1.29, 1.82) is 0 Å². The van der Waals surface area contributed by atoms with Crippen molar-refractivity contribution in [2.45, 2.75) is 45.9 Å². The highest BCUT2D eigenvalue weighted by Gasteiger charge is 2.22. The number of benzene rings is 1. The van der Waals surface area contributed by atoms with Crippen LogP contribution < -0.4 is 5.73 Å². The number of carbonyl (C=O) groups is 1. The smallest absolute Gasteiger partial charge is 0.335 e. The van der Waals surface area contributed by atoms with Gasteiger partial charge in [-0.2, -0.15) is 0 Å². The zero-order chi connectivity index (χ0) is 14.3. The van der Waals surface area contributed by atoms with E-state index in [9.17, 15) is 4.79 Å². The summed E-state index contributed by atoms with van der Waals surface area (Å²) in [6.45, 7) is 6.77. The number of ether oxygens (including phenoxy) is 2. The summed E-state index contributed by atoms with van der Waals surface area (Å²) in [6.07, 6.45) is -0.00638. The van der Waals surface area contributed by atoms with E-state index in [1.54, 1.807) is 6.92 Å². The molecular formula is C15H25ClNO3+. The molecule has 0 aliphatic heterocycles. The molecule has 0 fully saturated rings. The van der Waals surface area contributed by atoms with Gasteiger partial charge < -0.3 is 15.2 Å². The van der Waals surface area contributed by atoms with Crippen molar-refractivity contribution in [1.82, 2.24) is 0 Å². The zero-order valence-corrected chi connectivity index (χ0v) is 13.2. The molecule has 1 unspecified atom stereocenters. The molecule has 1 aromatic carbocycles. The molecule has 1 aromatic rings. The fraction of sp³-hybridized carbons (Fsp3) is 0.533. The molecule has 1 rings (SSSR count). The maximum atomic E-state index is 11.8. The Morgan fingerprint density at radius 2 is 1.75 bits per heavy atom. The molecule has 0 saturated heterocycles. The fourth-order valence-electron chi connectivity index (χ4n) is 1.81. The lowest BCUT2D eigenvalue weighted by molar-refractivity contribution is -0.386. The van der Waals surface area contributed by atoms with E-state index in [0.717, 1.165) is 12.1 Å². The van der Waals surface area contributed by atoms with E-state index in [2.05, 4.69) is 5.73 Å². The number of hydrogen-bond acceptors (Lipinski definition) is 3. The van der Waals surface area contributed by atoms with Crippen LogP contribution in [0.25, 0.3) is 0 Å². The third kappa shape index (κ3) is 6.37. The minimum atomic E-state index is -0.537. The number of carbonyl (C=O) groups excluding carboxylic acids is 1. The van der Waals surface area contributed by atoms with Crippen LogP contribution in [0, 0.1) is 0 Å². The molecule has 114 valence electrons. The summed E-state index contributed by atoms with van der Waals surface area (Å²) in [6, 6.07) is 8.08. The van der Waals surface area contributed by atoms with E-state index < -0.39 is 6.10 Å². The third-order valence-electron chi connectivity index (χ3n) is 2.72. The lowest BCUT2D eigenvalue weighted by Crippen LogP contribution is -2.47. The van der Waals surface area contributed by atoms with Crippen molar-refractivity contribution < 1.29 is 20.0 Å². The first kappa shape index (κ1) is 18.9. The standard InChI is InChI=1S/C15H23NO3.ClH/c1-4-18-15(17)14(19-11(2)3)9-12-5-7-13(10-16)8-6-12;/h5-8,11,14H,4,9-10,16H2,1-3H3;1H/p+1. The molecule has 0 heterocycles. The molecular weight excluding hydrogens is 278 g/mol. The van der Waals surface area contributed by atoms with Crippen LogP contribution in [0.5, 0.6) is 0 Å². The first-order chi connectivity index (χ1) is 9.06. The molecule has 0 aromatic heterocycles. The summed E-state index contributed by atoms with van der Waals surface area (Å²) in [5, 5.41) is 0. The summed E-state index contributed by atoms with van der Waals surface area (Å²) in [5.74, 6) is -0.294. The lowest BCUT2D eigenvalue weighted by Gasteiger charge is -2.19. The molecule has 0 amide bonds. The molecule has 20 heavy (non-hydrogen) atoms. The molecule has 0 aliphatic rings. The van der Waals surface area contributed by atoms with Gasteiger partial charge in [0.05, 0.1) is 19.3 Å². The third-order valence-corrected chi connectivity index (χ3v) is 2.72. The zero-order valence-electron chi connectivity index (χ0n) is 12.4. The van der Waals surface area contributed by atoms with E-state index >= 15 is 0 Å². The van der Waals surface area contributed by atoms with Gasteiger partial charge in [0, 0.05) is 12.0 Å². The molecule has 0 radical (unpaired) electrons. The van der Waals surface area contributed by atoms with Crippen molar-refractivity contribution in [3.8, 4) is 0 Å². The van der Waals surface area contributed by atoms with Crippen molar-refractivity contribution in [2.75, 3.05) is 6.61 Å². The monoisotopic (exact) mass is 302 g/mol. The van der Waals surface area contributed by atoms with E-state index in [1.165, 1.54) is 5.56 Å². The fourth-order valence-corrected chi connectivity index (χ4v) is 1.81. The summed E-state index contributed by atoms with van der Waals surface area (Å²) in [4.78, 5) is 11.8. The molecule has 0 spiro atoms. The van der Waals surface area contributed by atoms with Gasteiger partial charge in [-0.15, -0.1) is 12.4 Å². The first-order valence-corrected chi connectivity index (χ1v) is 6.76. The van der Waals surface area contributed by atoms with Crippen LogP contribution in [0.15, 0.2) is 24.3 Å². The van der Waals surface area contributed by atoms with E-state index in [0.29, 0.717) is 13.0 Å². The second kappa shape index (κ2) is 9.75. The lowest BCUT2D eigenvalue weighted by atomic mass is 10.1. The molecule has 0 bridgehead atoms. The largest absolute Gasteiger partial charge is 0.464 e. The van der Waals surface area contributed by atoms with Crippen molar-refractivity contribution >= 4 is 18.4 Å². The molecule has 4 nitrogen and oxygen atoms in total. The van der Waals surface area contributed by atoms with Crippen LogP contribution in [-0.2, 0) is 27.2 Å². The number of halogens is 1. The Bertz CT molecular complexity index is 393. The van der Waals surface area contributed by atoms with Crippen molar-refractivity contribution in [3.63, 3.8) is 0 Å². The van der Waals surface area contributed by atoms with Crippen molar-refractivity contribution in [3.05, 3.63) is 35.4 Å². The molecule has 5 heteroatoms. The summed E-state index contributed by atoms with van der Waals surface area (Å²) in [5.41, 5.74) is 6.09. The van der Waals surface area contributed by atoms with Gasteiger partial charge in [0.2, 0.25) is 0 Å². The highest BCUT2D eigenvalue weighted by Crippen LogP contribution is 2.11. The summed E-state index contributed by atoms with van der Waals surface area (Å²) >= 11 is 0. The molecule has 1 atom stereocenters. The second-order valence-electron chi connectivity index (χ2n) is 4.70. The maximum Gasteiger partial charge on any atom is 0.335 e. The van der Waals surface area contributed by atoms with Crippen LogP contribution in [0.4, 0.5) is 0 Å². The van der Waals surface area contributed by atoms with E-state index in [1.807, 2.05) is 38.1 Å². The number of rotatable bonds is 7. The summed E-state index contributed by atoms with van der Waals surface area (Å²) < 4.78 is 10.7. The Morgan fingerprint density at radius 1 is 1.20 bits per heavy atom. The topological polar surface area (TPSA) is 63.2 Å². The van der Waals surface area contributed by atoms with Crippen LogP contribution in [0.3, 0.4) is 0 Å². The Hall–Kier alpha value is -1.10. The normalized spacial score (nSPS) is 11.8. The maximum absolute atomic E-state index is 11.8. The minimum absolute atomic E-state index is 0. The van der Waals surface area contributed by atoms with Gasteiger partial charge in [0.1, 0.15) is 0 Å². The molecule has 0 aliphatic carbocycles. The van der Waals surface area contributed by atoms with Gasteiger partial charge >= 0.3 is 5.97 Å². The van der Waals surface area contributed by atoms with Crippen LogP contribution in [0.2, 0.25) is 0 Å². The van der Waals surface area contributed by atoms with E-state index in [4.69, 9.17) is 9.47 Å². The first-order valence-electron chi connectivity index (χ1n) is 6.76. The Labute approximate surface area is 127 Å². The van der Waals surface area contributed by atoms with Gasteiger partial charge in [-0.05, 0) is 26.3 Å². The van der Waals surface area contributed by atoms with Gasteiger partial charge in [-0.1, -0.05) is 24.3 Å². The Kier molecular flexibility index (Phi) is 9.21. The van der Waals surface area contributed by atoms with Crippen LogP contribution >= 0.6 is 12.4 Å². The van der Waals surface area contributed by atoms with E-state index in [-0.39, 0.29) is 24.5 Å². The SMILES string of the molecule is CCOC(=O)C(Cc1ccc(C[NH3+])cc1)OC(C)C.Cl. The average Bonchev–Trinajstić information content (AvgIpc) is 2.38. The highest BCUT2D eigenvalue weighted by molar-refractivity contribution is 5.85. The number of esters is 1. The highest BCUT2D eigenvalue weighted by atomic mass is 35.5. The van der Waals surface area contributed by atoms with Gasteiger partial charge in [0.15, 0.2) is 6.10 Å². The average molecular weight is 303 g/mol. The Balaban J connectivity index is 0.00000361. The predicted octanol–water partition coefficient (Wildman–Crippen LogP) is 1.75. The molecule has 3 N–H and O–H groups in total. The number of quaternary nitrogens is 1.